The van der Waals surface area contributed by atoms with Crippen LogP contribution in [-0.4, -0.2) is 20.5 Å². The molecule has 3 aromatic rings. The first-order chi connectivity index (χ1) is 13.8. The molecule has 1 aromatic heterocycles. The number of methoxy groups -OCH3 is 1. The van der Waals surface area contributed by atoms with Gasteiger partial charge in [-0.15, -0.1) is 0 Å². The Labute approximate surface area is 174 Å². The lowest BCUT2D eigenvalue weighted by Gasteiger charge is -2.13. The average Bonchev–Trinajstić information content (AvgIpc) is 2.69. The third kappa shape index (κ3) is 4.70. The van der Waals surface area contributed by atoms with E-state index in [0.29, 0.717) is 26.9 Å². The number of anilines is 1. The number of aryl methyl sites for hydroxylation is 2. The van der Waals surface area contributed by atoms with E-state index >= 15 is 0 Å². The molecule has 0 unspecified atom stereocenters. The topological polar surface area (TPSA) is 92.1 Å². The normalized spacial score (nSPS) is 11.0. The standard InChI is InChI=1S/C21H19N3O3S2/c1-14-12-15(2)23-21(18(14)13-22)28-20-7-5-4-6-19(20)24-29(25,26)17-10-8-16(27-3)9-11-17/h4-12,24H,1-3H3. The molecule has 0 radical (unpaired) electrons. The molecule has 0 aliphatic rings. The Kier molecular flexibility index (Phi) is 6.11. The summed E-state index contributed by atoms with van der Waals surface area (Å²) in [5, 5.41) is 10.0. The molecular formula is C21H19N3O3S2. The lowest BCUT2D eigenvalue weighted by atomic mass is 10.1. The quantitative estimate of drug-likeness (QED) is 0.624. The maximum Gasteiger partial charge on any atom is 0.261 e. The Morgan fingerprint density at radius 2 is 1.79 bits per heavy atom. The molecule has 3 rings (SSSR count). The molecule has 0 saturated heterocycles. The maximum atomic E-state index is 12.8. The van der Waals surface area contributed by atoms with Crippen LogP contribution in [0.2, 0.25) is 0 Å². The molecule has 0 amide bonds. The first-order valence-corrected chi connectivity index (χ1v) is 11.0. The summed E-state index contributed by atoms with van der Waals surface area (Å²) >= 11 is 1.26. The van der Waals surface area contributed by atoms with Gasteiger partial charge < -0.3 is 4.74 Å². The molecule has 8 heteroatoms. The van der Waals surface area contributed by atoms with Gasteiger partial charge in [-0.1, -0.05) is 23.9 Å². The first-order valence-electron chi connectivity index (χ1n) is 8.66. The largest absolute Gasteiger partial charge is 0.497 e. The number of ether oxygens (including phenoxy) is 1. The van der Waals surface area contributed by atoms with Crippen molar-refractivity contribution < 1.29 is 13.2 Å². The lowest BCUT2D eigenvalue weighted by molar-refractivity contribution is 0.414. The Balaban J connectivity index is 1.95. The molecule has 2 aromatic carbocycles. The van der Waals surface area contributed by atoms with Gasteiger partial charge in [0.25, 0.3) is 10.0 Å². The third-order valence-corrected chi connectivity index (χ3v) is 6.58. The molecule has 0 saturated carbocycles. The highest BCUT2D eigenvalue weighted by atomic mass is 32.2. The van der Waals surface area contributed by atoms with Crippen LogP contribution in [-0.2, 0) is 10.0 Å². The van der Waals surface area contributed by atoms with Crippen molar-refractivity contribution in [3.05, 3.63) is 71.4 Å². The lowest BCUT2D eigenvalue weighted by Crippen LogP contribution is -2.13. The molecule has 29 heavy (non-hydrogen) atoms. The van der Waals surface area contributed by atoms with Crippen LogP contribution in [0.5, 0.6) is 5.75 Å². The number of hydrogen-bond donors (Lipinski definition) is 1. The number of pyridine rings is 1. The molecule has 0 spiro atoms. The highest BCUT2D eigenvalue weighted by Gasteiger charge is 2.18. The van der Waals surface area contributed by atoms with Crippen LogP contribution in [0.15, 0.2) is 69.4 Å². The number of nitrogens with zero attached hydrogens (tertiary/aromatic N) is 2. The van der Waals surface area contributed by atoms with Crippen molar-refractivity contribution in [2.45, 2.75) is 28.7 Å². The van der Waals surface area contributed by atoms with Crippen LogP contribution < -0.4 is 9.46 Å². The third-order valence-electron chi connectivity index (χ3n) is 4.13. The fourth-order valence-electron chi connectivity index (χ4n) is 2.72. The predicted octanol–water partition coefficient (Wildman–Crippen LogP) is 4.53. The van der Waals surface area contributed by atoms with Crippen molar-refractivity contribution in [1.29, 1.82) is 5.26 Å². The summed E-state index contributed by atoms with van der Waals surface area (Å²) in [6.07, 6.45) is 0. The fraction of sp³-hybridized carbons (Fsp3) is 0.143. The molecule has 1 N–H and O–H groups in total. The van der Waals surface area contributed by atoms with Gasteiger partial charge in [-0.05, 0) is 61.9 Å². The zero-order valence-corrected chi connectivity index (χ0v) is 17.8. The van der Waals surface area contributed by atoms with E-state index in [9.17, 15) is 13.7 Å². The second-order valence-corrected chi connectivity index (χ2v) is 8.96. The van der Waals surface area contributed by atoms with E-state index in [1.165, 1.54) is 31.0 Å². The van der Waals surface area contributed by atoms with E-state index in [-0.39, 0.29) is 4.90 Å². The van der Waals surface area contributed by atoms with Crippen LogP contribution in [0.3, 0.4) is 0 Å². The Bertz CT molecular complexity index is 1180. The summed E-state index contributed by atoms with van der Waals surface area (Å²) in [6.45, 7) is 3.71. The SMILES string of the molecule is COc1ccc(S(=O)(=O)Nc2ccccc2Sc2nc(C)cc(C)c2C#N)cc1. The highest BCUT2D eigenvalue weighted by molar-refractivity contribution is 7.99. The van der Waals surface area contributed by atoms with Crippen molar-refractivity contribution in [3.63, 3.8) is 0 Å². The second kappa shape index (κ2) is 8.55. The second-order valence-electron chi connectivity index (χ2n) is 6.25. The number of benzene rings is 2. The summed E-state index contributed by atoms with van der Waals surface area (Å²) < 4.78 is 33.3. The number of para-hydroxylation sites is 1. The van der Waals surface area contributed by atoms with Gasteiger partial charge in [-0.3, -0.25) is 4.72 Å². The minimum atomic E-state index is -3.79. The summed E-state index contributed by atoms with van der Waals surface area (Å²) in [5.41, 5.74) is 2.52. The van der Waals surface area contributed by atoms with Gasteiger partial charge in [-0.25, -0.2) is 13.4 Å². The highest BCUT2D eigenvalue weighted by Crippen LogP contribution is 2.36. The first kappa shape index (κ1) is 20.7. The van der Waals surface area contributed by atoms with E-state index in [1.54, 1.807) is 30.3 Å². The van der Waals surface area contributed by atoms with Crippen molar-refractivity contribution in [2.75, 3.05) is 11.8 Å². The smallest absolute Gasteiger partial charge is 0.261 e. The van der Waals surface area contributed by atoms with Gasteiger partial charge in [0.05, 0.1) is 23.3 Å². The number of nitrogens with one attached hydrogen (secondary N) is 1. The Morgan fingerprint density at radius 3 is 2.45 bits per heavy atom. The number of nitriles is 1. The molecule has 0 fully saturated rings. The number of hydrogen-bond acceptors (Lipinski definition) is 6. The average molecular weight is 426 g/mol. The number of sulfonamides is 1. The van der Waals surface area contributed by atoms with Crippen LogP contribution in [0.1, 0.15) is 16.8 Å². The molecule has 0 aliphatic carbocycles. The fourth-order valence-corrected chi connectivity index (χ4v) is 4.94. The number of aromatic nitrogens is 1. The van der Waals surface area contributed by atoms with Crippen molar-refractivity contribution in [3.8, 4) is 11.8 Å². The summed E-state index contributed by atoms with van der Waals surface area (Å²) in [4.78, 5) is 5.24. The summed E-state index contributed by atoms with van der Waals surface area (Å²) in [5.74, 6) is 0.574. The zero-order chi connectivity index (χ0) is 21.0. The Hall–Kier alpha value is -3.02. The van der Waals surface area contributed by atoms with Crippen molar-refractivity contribution in [1.82, 2.24) is 4.98 Å². The zero-order valence-electron chi connectivity index (χ0n) is 16.1. The van der Waals surface area contributed by atoms with Gasteiger partial charge in [0.1, 0.15) is 16.8 Å². The van der Waals surface area contributed by atoms with Crippen LogP contribution in [0.4, 0.5) is 5.69 Å². The Morgan fingerprint density at radius 1 is 1.10 bits per heavy atom. The summed E-state index contributed by atoms with van der Waals surface area (Å²) in [7, 11) is -2.27. The van der Waals surface area contributed by atoms with Crippen LogP contribution >= 0.6 is 11.8 Å². The van der Waals surface area contributed by atoms with Crippen molar-refractivity contribution in [2.24, 2.45) is 0 Å². The van der Waals surface area contributed by atoms with Gasteiger partial charge >= 0.3 is 0 Å². The van der Waals surface area contributed by atoms with Gasteiger partial charge in [0.15, 0.2) is 0 Å². The molecule has 148 valence electrons. The van der Waals surface area contributed by atoms with Crippen molar-refractivity contribution >= 4 is 27.5 Å². The van der Waals surface area contributed by atoms with E-state index in [0.717, 1.165) is 11.3 Å². The summed E-state index contributed by atoms with van der Waals surface area (Å²) in [6, 6.07) is 17.2. The van der Waals surface area contributed by atoms with Gasteiger partial charge in [-0.2, -0.15) is 5.26 Å². The van der Waals surface area contributed by atoms with E-state index in [2.05, 4.69) is 15.8 Å². The molecule has 1 heterocycles. The monoisotopic (exact) mass is 425 g/mol. The molecule has 0 atom stereocenters. The maximum absolute atomic E-state index is 12.8. The minimum Gasteiger partial charge on any atom is -0.497 e. The van der Waals surface area contributed by atoms with E-state index in [4.69, 9.17) is 4.74 Å². The van der Waals surface area contributed by atoms with Crippen LogP contribution in [0.25, 0.3) is 0 Å². The minimum absolute atomic E-state index is 0.125. The van der Waals surface area contributed by atoms with Gasteiger partial charge in [0.2, 0.25) is 0 Å². The van der Waals surface area contributed by atoms with Crippen LogP contribution in [0, 0.1) is 25.2 Å². The molecular weight excluding hydrogens is 406 g/mol. The number of rotatable bonds is 6. The molecule has 6 nitrogen and oxygen atoms in total. The van der Waals surface area contributed by atoms with E-state index < -0.39 is 10.0 Å². The van der Waals surface area contributed by atoms with E-state index in [1.807, 2.05) is 26.0 Å². The predicted molar refractivity (Wildman–Crippen MR) is 113 cm³/mol. The molecule has 0 aliphatic heterocycles. The molecule has 0 bridgehead atoms. The van der Waals surface area contributed by atoms with Gasteiger partial charge in [0, 0.05) is 10.6 Å².